The fourth-order valence-electron chi connectivity index (χ4n) is 5.18. The van der Waals surface area contributed by atoms with Crippen molar-refractivity contribution < 1.29 is 0 Å². The molecule has 4 rings (SSSR count). The number of benzene rings is 2. The predicted octanol–water partition coefficient (Wildman–Crippen LogP) is 5.09. The topological polar surface area (TPSA) is 35.7 Å². The molecule has 2 fully saturated rings. The number of hydrogen-bond donors (Lipinski definition) is 1. The van der Waals surface area contributed by atoms with E-state index in [1.807, 2.05) is 0 Å². The van der Waals surface area contributed by atoms with Crippen molar-refractivity contribution in [2.45, 2.75) is 64.7 Å². The molecule has 0 bridgehead atoms. The highest BCUT2D eigenvalue weighted by molar-refractivity contribution is 5.15. The Kier molecular flexibility index (Phi) is 9.34. The molecule has 4 heteroatoms. The van der Waals surface area contributed by atoms with Crippen molar-refractivity contribution in [2.75, 3.05) is 40.3 Å². The molecule has 0 amide bonds. The van der Waals surface area contributed by atoms with Gasteiger partial charge in [-0.15, -0.1) is 0 Å². The first kappa shape index (κ1) is 26.9. The van der Waals surface area contributed by atoms with E-state index in [9.17, 15) is 0 Å². The number of likely N-dealkylation sites (tertiary alicyclic amines) is 2. The van der Waals surface area contributed by atoms with E-state index in [-0.39, 0.29) is 5.54 Å². The Morgan fingerprint density at radius 1 is 0.735 bits per heavy atom. The maximum atomic E-state index is 6.17. The number of nitrogens with two attached hydrogens (primary N) is 1. The van der Waals surface area contributed by atoms with Crippen LogP contribution in [0.4, 0.5) is 0 Å². The third-order valence-corrected chi connectivity index (χ3v) is 8.25. The van der Waals surface area contributed by atoms with Crippen molar-refractivity contribution in [3.63, 3.8) is 0 Å². The van der Waals surface area contributed by atoms with Gasteiger partial charge in [-0.1, -0.05) is 60.7 Å². The Morgan fingerprint density at radius 2 is 1.15 bits per heavy atom. The standard InChI is InChI=1S/C16H26N2.C14H22N2/c1-16(2,17(3)4)15-10-11-18(13-15)12-14-8-6-5-7-9-14;1-14(2,15)13-8-9-16(11-13)10-12-6-4-3-5-7-12/h5-9,15H,10-13H2,1-4H3;3-7,13H,8-11,15H2,1-2H3. The molecule has 2 aliphatic heterocycles. The van der Waals surface area contributed by atoms with Gasteiger partial charge in [-0.2, -0.15) is 0 Å². The van der Waals surface area contributed by atoms with Crippen molar-refractivity contribution in [3.8, 4) is 0 Å². The summed E-state index contributed by atoms with van der Waals surface area (Å²) in [5.74, 6) is 1.41. The molecular formula is C30H48N4. The Morgan fingerprint density at radius 3 is 1.53 bits per heavy atom. The monoisotopic (exact) mass is 464 g/mol. The van der Waals surface area contributed by atoms with Crippen molar-refractivity contribution in [1.29, 1.82) is 0 Å². The third-order valence-electron chi connectivity index (χ3n) is 8.25. The van der Waals surface area contributed by atoms with Crippen molar-refractivity contribution in [3.05, 3.63) is 71.8 Å². The normalized spacial score (nSPS) is 22.1. The van der Waals surface area contributed by atoms with Crippen molar-refractivity contribution in [2.24, 2.45) is 17.6 Å². The van der Waals surface area contributed by atoms with Crippen LogP contribution in [-0.2, 0) is 13.1 Å². The van der Waals surface area contributed by atoms with E-state index in [2.05, 4.69) is 117 Å². The average molecular weight is 465 g/mol. The maximum absolute atomic E-state index is 6.17. The Bertz CT molecular complexity index is 841. The quantitative estimate of drug-likeness (QED) is 0.619. The fourth-order valence-corrected chi connectivity index (χ4v) is 5.18. The summed E-state index contributed by atoms with van der Waals surface area (Å²) in [5, 5.41) is 0. The minimum Gasteiger partial charge on any atom is -0.325 e. The number of rotatable bonds is 7. The van der Waals surface area contributed by atoms with Gasteiger partial charge in [0.2, 0.25) is 0 Å². The molecule has 2 N–H and O–H groups in total. The van der Waals surface area contributed by atoms with Crippen LogP contribution in [0.2, 0.25) is 0 Å². The lowest BCUT2D eigenvalue weighted by atomic mass is 9.86. The molecule has 0 spiro atoms. The Hall–Kier alpha value is -1.72. The molecule has 34 heavy (non-hydrogen) atoms. The van der Waals surface area contributed by atoms with Crippen LogP contribution in [0.5, 0.6) is 0 Å². The van der Waals surface area contributed by atoms with Gasteiger partial charge in [0, 0.05) is 37.3 Å². The molecule has 0 aliphatic carbocycles. The van der Waals surface area contributed by atoms with E-state index in [0.717, 1.165) is 25.6 Å². The first-order chi connectivity index (χ1) is 16.1. The molecule has 2 aromatic rings. The molecule has 4 nitrogen and oxygen atoms in total. The lowest BCUT2D eigenvalue weighted by Gasteiger charge is -2.38. The SMILES string of the molecule is CC(C)(N)C1CCN(Cc2ccccc2)C1.CN(C)C(C)(C)C1CCN(Cc2ccccc2)C1. The highest BCUT2D eigenvalue weighted by Gasteiger charge is 2.36. The maximum Gasteiger partial charge on any atom is 0.0233 e. The lowest BCUT2D eigenvalue weighted by Crippen LogP contribution is -2.46. The zero-order chi connectivity index (χ0) is 24.8. The minimum absolute atomic E-state index is 0.0363. The zero-order valence-corrected chi connectivity index (χ0v) is 22.5. The van der Waals surface area contributed by atoms with Gasteiger partial charge in [-0.05, 0) is 90.7 Å². The molecule has 0 saturated carbocycles. The van der Waals surface area contributed by atoms with E-state index >= 15 is 0 Å². The molecule has 2 unspecified atom stereocenters. The van der Waals surface area contributed by atoms with Crippen LogP contribution < -0.4 is 5.73 Å². The molecule has 2 saturated heterocycles. The van der Waals surface area contributed by atoms with E-state index in [4.69, 9.17) is 5.73 Å². The summed E-state index contributed by atoms with van der Waals surface area (Å²) in [7, 11) is 4.39. The summed E-state index contributed by atoms with van der Waals surface area (Å²) >= 11 is 0. The van der Waals surface area contributed by atoms with Crippen LogP contribution in [0.25, 0.3) is 0 Å². The summed E-state index contributed by atoms with van der Waals surface area (Å²) in [4.78, 5) is 7.46. The third kappa shape index (κ3) is 7.64. The molecule has 2 aliphatic rings. The van der Waals surface area contributed by atoms with Gasteiger partial charge in [-0.3, -0.25) is 9.80 Å². The van der Waals surface area contributed by atoms with Gasteiger partial charge in [0.05, 0.1) is 0 Å². The molecule has 0 radical (unpaired) electrons. The largest absolute Gasteiger partial charge is 0.325 e. The molecule has 0 aromatic heterocycles. The highest BCUT2D eigenvalue weighted by atomic mass is 15.2. The molecule has 188 valence electrons. The first-order valence-electron chi connectivity index (χ1n) is 13.0. The minimum atomic E-state index is -0.0363. The second-order valence-electron chi connectivity index (χ2n) is 11.8. The van der Waals surface area contributed by atoms with Crippen LogP contribution in [0.1, 0.15) is 51.7 Å². The van der Waals surface area contributed by atoms with Crippen molar-refractivity contribution >= 4 is 0 Å². The van der Waals surface area contributed by atoms with Crippen LogP contribution in [0.15, 0.2) is 60.7 Å². The van der Waals surface area contributed by atoms with Gasteiger partial charge in [0.25, 0.3) is 0 Å². The van der Waals surface area contributed by atoms with Crippen molar-refractivity contribution in [1.82, 2.24) is 14.7 Å². The van der Waals surface area contributed by atoms with Crippen LogP contribution in [0, 0.1) is 11.8 Å². The molecular weight excluding hydrogens is 416 g/mol. The lowest BCUT2D eigenvalue weighted by molar-refractivity contribution is 0.117. The first-order valence-corrected chi connectivity index (χ1v) is 13.0. The van der Waals surface area contributed by atoms with Gasteiger partial charge < -0.3 is 10.6 Å². The Balaban J connectivity index is 0.000000192. The summed E-state index contributed by atoms with van der Waals surface area (Å²) in [6.45, 7) is 15.9. The second kappa shape index (κ2) is 11.8. The van der Waals surface area contributed by atoms with Crippen LogP contribution in [0.3, 0.4) is 0 Å². The average Bonchev–Trinajstić information content (AvgIpc) is 3.46. The molecule has 2 aromatic carbocycles. The van der Waals surface area contributed by atoms with Gasteiger partial charge in [0.1, 0.15) is 0 Å². The molecule has 2 atom stereocenters. The summed E-state index contributed by atoms with van der Waals surface area (Å²) in [6, 6.07) is 21.5. The predicted molar refractivity (Wildman–Crippen MR) is 146 cm³/mol. The summed E-state index contributed by atoms with van der Waals surface area (Å²) < 4.78 is 0. The number of hydrogen-bond acceptors (Lipinski definition) is 4. The second-order valence-corrected chi connectivity index (χ2v) is 11.8. The van der Waals surface area contributed by atoms with E-state index < -0.39 is 0 Å². The highest BCUT2D eigenvalue weighted by Crippen LogP contribution is 2.31. The van der Waals surface area contributed by atoms with Gasteiger partial charge >= 0.3 is 0 Å². The van der Waals surface area contributed by atoms with Crippen LogP contribution in [-0.4, -0.2) is 66.1 Å². The summed E-state index contributed by atoms with van der Waals surface area (Å²) in [6.07, 6.45) is 2.55. The fraction of sp³-hybridized carbons (Fsp3) is 0.600. The number of nitrogens with zero attached hydrogens (tertiary/aromatic N) is 3. The van der Waals surface area contributed by atoms with E-state index in [1.54, 1.807) is 0 Å². The zero-order valence-electron chi connectivity index (χ0n) is 22.5. The summed E-state index contributed by atoms with van der Waals surface area (Å²) in [5.41, 5.74) is 9.26. The molecule has 2 heterocycles. The van der Waals surface area contributed by atoms with Crippen LogP contribution >= 0.6 is 0 Å². The van der Waals surface area contributed by atoms with E-state index in [1.165, 1.54) is 43.6 Å². The van der Waals surface area contributed by atoms with Gasteiger partial charge in [0.15, 0.2) is 0 Å². The smallest absolute Gasteiger partial charge is 0.0233 e. The Labute approximate surface area is 209 Å². The van der Waals surface area contributed by atoms with E-state index in [0.29, 0.717) is 11.5 Å². The van der Waals surface area contributed by atoms with Gasteiger partial charge in [-0.25, -0.2) is 0 Å².